The van der Waals surface area contributed by atoms with Gasteiger partial charge in [0.1, 0.15) is 5.82 Å². The number of sulfonamides is 1. The molecule has 188 valence electrons. The van der Waals surface area contributed by atoms with Crippen LogP contribution in [0.2, 0.25) is 0 Å². The maximum absolute atomic E-state index is 15.7. The molecule has 0 bridgehead atoms. The number of benzene rings is 2. The Kier molecular flexibility index (Phi) is 6.54. The van der Waals surface area contributed by atoms with Gasteiger partial charge in [-0.2, -0.15) is 0 Å². The zero-order valence-electron chi connectivity index (χ0n) is 19.3. The van der Waals surface area contributed by atoms with Gasteiger partial charge in [0.2, 0.25) is 16.0 Å². The molecule has 10 heteroatoms. The van der Waals surface area contributed by atoms with Gasteiger partial charge in [0.05, 0.1) is 12.1 Å². The first-order valence-electron chi connectivity index (χ1n) is 11.9. The lowest BCUT2D eigenvalue weighted by molar-refractivity contribution is -0.0472. The summed E-state index contributed by atoms with van der Waals surface area (Å²) >= 11 is 0. The highest BCUT2D eigenvalue weighted by Gasteiger charge is 2.61. The van der Waals surface area contributed by atoms with Crippen molar-refractivity contribution >= 4 is 16.1 Å². The first-order valence-corrected chi connectivity index (χ1v) is 13.5. The van der Waals surface area contributed by atoms with E-state index in [4.69, 9.17) is 4.74 Å². The first kappa shape index (κ1) is 24.1. The normalized spacial score (nSPS) is 24.9. The van der Waals surface area contributed by atoms with Gasteiger partial charge in [0.15, 0.2) is 0 Å². The van der Waals surface area contributed by atoms with Gasteiger partial charge in [-0.15, -0.1) is 0 Å². The Morgan fingerprint density at radius 2 is 1.89 bits per heavy atom. The number of rotatable bonds is 8. The average molecular weight is 506 g/mol. The Labute approximate surface area is 203 Å². The molecule has 2 amide bonds. The van der Waals surface area contributed by atoms with Crippen LogP contribution in [0.4, 0.5) is 13.6 Å². The van der Waals surface area contributed by atoms with Crippen molar-refractivity contribution in [1.29, 1.82) is 0 Å². The Morgan fingerprint density at radius 3 is 2.51 bits per heavy atom. The molecule has 1 saturated carbocycles. The molecule has 7 nitrogen and oxygen atoms in total. The van der Waals surface area contributed by atoms with E-state index in [9.17, 15) is 17.6 Å². The average Bonchev–Trinajstić information content (AvgIpc) is 3.55. The number of carbonyl (C=O) groups is 1. The van der Waals surface area contributed by atoms with Crippen LogP contribution >= 0.6 is 0 Å². The summed E-state index contributed by atoms with van der Waals surface area (Å²) < 4.78 is 61.2. The highest BCUT2D eigenvalue weighted by Crippen LogP contribution is 2.55. The van der Waals surface area contributed by atoms with Gasteiger partial charge in [0.25, 0.3) is 0 Å². The van der Waals surface area contributed by atoms with Gasteiger partial charge in [-0.3, -0.25) is 0 Å². The molecule has 3 atom stereocenters. The van der Waals surface area contributed by atoms with Crippen LogP contribution in [0.5, 0.6) is 0 Å². The number of likely N-dealkylation sites (tertiary alicyclic amines) is 1. The molecule has 2 aliphatic heterocycles. The molecular formula is C25H29F2N3O4S. The van der Waals surface area contributed by atoms with Crippen LogP contribution in [-0.4, -0.2) is 63.2 Å². The quantitative estimate of drug-likeness (QED) is 0.577. The zero-order chi connectivity index (χ0) is 24.6. The lowest BCUT2D eigenvalue weighted by atomic mass is 9.91. The molecule has 2 aromatic rings. The van der Waals surface area contributed by atoms with Crippen LogP contribution in [0.3, 0.4) is 0 Å². The van der Waals surface area contributed by atoms with E-state index in [1.165, 1.54) is 0 Å². The molecule has 2 aromatic carbocycles. The van der Waals surface area contributed by atoms with Crippen LogP contribution in [0, 0.1) is 11.2 Å². The molecule has 2 saturated heterocycles. The van der Waals surface area contributed by atoms with E-state index >= 15 is 4.39 Å². The van der Waals surface area contributed by atoms with Gasteiger partial charge in [-0.25, -0.2) is 26.7 Å². The van der Waals surface area contributed by atoms with Gasteiger partial charge in [-0.1, -0.05) is 48.5 Å². The topological polar surface area (TPSA) is 87.7 Å². The number of alkyl halides is 1. The number of hydrogen-bond donors (Lipinski definition) is 2. The minimum Gasteiger partial charge on any atom is -0.376 e. The summed E-state index contributed by atoms with van der Waals surface area (Å²) in [5.74, 6) is -0.411. The molecule has 2 heterocycles. The molecule has 5 rings (SSSR count). The SMILES string of the molecule is O=C(NC[C@@H]1CCO1)N1CC2(CC2)[C@H](NS(=O)(=O)CF)[C@@H]1Cc1cccc(-c2ccccc2)c1F. The van der Waals surface area contributed by atoms with Crippen molar-refractivity contribution in [2.45, 2.75) is 43.9 Å². The molecule has 0 unspecified atom stereocenters. The Morgan fingerprint density at radius 1 is 1.14 bits per heavy atom. The zero-order valence-corrected chi connectivity index (χ0v) is 20.1. The Balaban J connectivity index is 1.45. The lowest BCUT2D eigenvalue weighted by Crippen LogP contribution is -2.53. The molecular weight excluding hydrogens is 476 g/mol. The Bertz CT molecular complexity index is 1190. The second-order valence-electron chi connectivity index (χ2n) is 9.69. The molecule has 3 aliphatic rings. The first-order chi connectivity index (χ1) is 16.8. The van der Waals surface area contributed by atoms with Crippen molar-refractivity contribution in [3.63, 3.8) is 0 Å². The molecule has 0 radical (unpaired) electrons. The van der Waals surface area contributed by atoms with Crippen LogP contribution in [0.15, 0.2) is 48.5 Å². The van der Waals surface area contributed by atoms with E-state index < -0.39 is 39.3 Å². The molecule has 1 spiro atoms. The fraction of sp³-hybridized carbons (Fsp3) is 0.480. The third kappa shape index (κ3) is 4.92. The van der Waals surface area contributed by atoms with Crippen LogP contribution in [-0.2, 0) is 21.2 Å². The van der Waals surface area contributed by atoms with Crippen molar-refractivity contribution in [2.75, 3.05) is 25.7 Å². The summed E-state index contributed by atoms with van der Waals surface area (Å²) in [6.45, 7) is 1.35. The highest BCUT2D eigenvalue weighted by atomic mass is 32.2. The largest absolute Gasteiger partial charge is 0.376 e. The number of hydrogen-bond acceptors (Lipinski definition) is 4. The van der Waals surface area contributed by atoms with E-state index in [1.54, 1.807) is 23.1 Å². The molecule has 2 N–H and O–H groups in total. The van der Waals surface area contributed by atoms with E-state index in [0.29, 0.717) is 43.7 Å². The third-order valence-electron chi connectivity index (χ3n) is 7.40. The number of urea groups is 1. The number of nitrogens with zero attached hydrogens (tertiary/aromatic N) is 1. The summed E-state index contributed by atoms with van der Waals surface area (Å²) in [5.41, 5.74) is 1.06. The van der Waals surface area contributed by atoms with Gasteiger partial charge < -0.3 is 15.0 Å². The fourth-order valence-electron chi connectivity index (χ4n) is 5.20. The summed E-state index contributed by atoms with van der Waals surface area (Å²) in [6.07, 6.45) is 2.36. The summed E-state index contributed by atoms with van der Waals surface area (Å²) in [4.78, 5) is 14.8. The van der Waals surface area contributed by atoms with Crippen molar-refractivity contribution in [2.24, 2.45) is 5.41 Å². The van der Waals surface area contributed by atoms with Gasteiger partial charge in [0, 0.05) is 36.7 Å². The number of nitrogens with one attached hydrogen (secondary N) is 2. The third-order valence-corrected chi connectivity index (χ3v) is 8.30. The summed E-state index contributed by atoms with van der Waals surface area (Å²) in [5, 5.41) is 2.87. The molecule has 1 aliphatic carbocycles. The monoisotopic (exact) mass is 505 g/mol. The fourth-order valence-corrected chi connectivity index (χ4v) is 6.06. The molecule has 35 heavy (non-hydrogen) atoms. The second kappa shape index (κ2) is 9.48. The van der Waals surface area contributed by atoms with E-state index in [-0.39, 0.29) is 18.6 Å². The lowest BCUT2D eigenvalue weighted by Gasteiger charge is -2.31. The second-order valence-corrected chi connectivity index (χ2v) is 11.4. The summed E-state index contributed by atoms with van der Waals surface area (Å²) in [6, 6.07) is 11.0. The van der Waals surface area contributed by atoms with Crippen LogP contribution in [0.25, 0.3) is 11.1 Å². The summed E-state index contributed by atoms with van der Waals surface area (Å²) in [7, 11) is -4.18. The van der Waals surface area contributed by atoms with E-state index in [1.807, 2.05) is 30.3 Å². The standard InChI is InChI=1S/C25H29F2N3O4S/c26-16-35(32,33)29-23-21(13-18-7-4-8-20(22(18)27)17-5-2-1-3-6-17)30(15-25(23)10-11-25)24(31)28-14-19-9-12-34-19/h1-8,19,21,23,29H,9-16H2,(H,28,31)/t19-,21-,23+/m0/s1. The highest BCUT2D eigenvalue weighted by molar-refractivity contribution is 7.89. The van der Waals surface area contributed by atoms with Crippen LogP contribution in [0.1, 0.15) is 24.8 Å². The number of amides is 2. The predicted molar refractivity (Wildman–Crippen MR) is 127 cm³/mol. The van der Waals surface area contributed by atoms with Gasteiger partial charge in [-0.05, 0) is 36.8 Å². The molecule has 0 aromatic heterocycles. The van der Waals surface area contributed by atoms with Gasteiger partial charge >= 0.3 is 6.03 Å². The van der Waals surface area contributed by atoms with E-state index in [0.717, 1.165) is 12.0 Å². The Hall–Kier alpha value is -2.56. The van der Waals surface area contributed by atoms with Crippen molar-refractivity contribution in [1.82, 2.24) is 14.9 Å². The molecule has 3 fully saturated rings. The number of halogens is 2. The number of carbonyl (C=O) groups excluding carboxylic acids is 1. The maximum Gasteiger partial charge on any atom is 0.317 e. The van der Waals surface area contributed by atoms with Crippen molar-refractivity contribution in [3.8, 4) is 11.1 Å². The predicted octanol–water partition coefficient (Wildman–Crippen LogP) is 3.21. The van der Waals surface area contributed by atoms with E-state index in [2.05, 4.69) is 10.0 Å². The van der Waals surface area contributed by atoms with Crippen LogP contribution < -0.4 is 10.0 Å². The van der Waals surface area contributed by atoms with Crippen molar-refractivity contribution < 1.29 is 26.7 Å². The maximum atomic E-state index is 15.7. The minimum absolute atomic E-state index is 0.0317. The van der Waals surface area contributed by atoms with Crippen molar-refractivity contribution in [3.05, 3.63) is 59.9 Å². The number of ether oxygens (including phenoxy) is 1. The smallest absolute Gasteiger partial charge is 0.317 e. The minimum atomic E-state index is -4.18.